The quantitative estimate of drug-likeness (QED) is 0.904. The van der Waals surface area contributed by atoms with Gasteiger partial charge in [-0.25, -0.2) is 0 Å². The summed E-state index contributed by atoms with van der Waals surface area (Å²) in [6, 6.07) is 3.33. The molecule has 1 aliphatic heterocycles. The highest BCUT2D eigenvalue weighted by Gasteiger charge is 2.18. The molecule has 1 N–H and O–H groups in total. The second-order valence-corrected chi connectivity index (χ2v) is 6.93. The van der Waals surface area contributed by atoms with Crippen molar-refractivity contribution in [2.75, 3.05) is 11.5 Å². The molecule has 0 amide bonds. The van der Waals surface area contributed by atoms with Crippen LogP contribution in [0.2, 0.25) is 0 Å². The van der Waals surface area contributed by atoms with E-state index in [1.54, 1.807) is 0 Å². The highest BCUT2D eigenvalue weighted by molar-refractivity contribution is 9.10. The number of nitrogens with one attached hydrogen (secondary N) is 1. The van der Waals surface area contributed by atoms with Crippen LogP contribution in [0.15, 0.2) is 15.9 Å². The van der Waals surface area contributed by atoms with Crippen LogP contribution in [0.5, 0.6) is 0 Å². The Morgan fingerprint density at radius 2 is 2.20 bits per heavy atom. The van der Waals surface area contributed by atoms with Gasteiger partial charge in [-0.2, -0.15) is 11.8 Å². The number of halogens is 1. The van der Waals surface area contributed by atoms with Crippen molar-refractivity contribution in [2.24, 2.45) is 0 Å². The molecule has 84 valence electrons. The summed E-state index contributed by atoms with van der Waals surface area (Å²) in [5, 5.41) is 5.88. The smallest absolute Gasteiger partial charge is 0.0399 e. The Morgan fingerprint density at radius 1 is 1.47 bits per heavy atom. The zero-order valence-electron chi connectivity index (χ0n) is 8.83. The molecule has 1 saturated heterocycles. The van der Waals surface area contributed by atoms with Gasteiger partial charge in [0, 0.05) is 21.4 Å². The standard InChI is InChI=1S/C11H16BrNS2/c1-8(11-10(12)4-7-15-11)13-9-2-5-14-6-3-9/h4,7-9,13H,2-3,5-6H2,1H3. The molecule has 1 aromatic rings. The highest BCUT2D eigenvalue weighted by Crippen LogP contribution is 2.30. The summed E-state index contributed by atoms with van der Waals surface area (Å²) in [7, 11) is 0. The van der Waals surface area contributed by atoms with Crippen LogP contribution >= 0.6 is 39.0 Å². The maximum atomic E-state index is 3.73. The summed E-state index contributed by atoms with van der Waals surface area (Å²) in [5.74, 6) is 2.63. The first-order valence-corrected chi connectivity index (χ1v) is 8.17. The molecule has 1 aliphatic rings. The third-order valence-corrected chi connectivity index (χ3v) is 5.85. The van der Waals surface area contributed by atoms with Gasteiger partial charge >= 0.3 is 0 Å². The summed E-state index contributed by atoms with van der Waals surface area (Å²) in [6.45, 7) is 2.26. The van der Waals surface area contributed by atoms with Gasteiger partial charge in [-0.15, -0.1) is 11.3 Å². The monoisotopic (exact) mass is 305 g/mol. The first kappa shape index (κ1) is 12.0. The Hall–Kier alpha value is 0.490. The number of hydrogen-bond acceptors (Lipinski definition) is 3. The van der Waals surface area contributed by atoms with E-state index in [2.05, 4.69) is 51.4 Å². The van der Waals surface area contributed by atoms with Gasteiger partial charge in [0.1, 0.15) is 0 Å². The van der Waals surface area contributed by atoms with Crippen molar-refractivity contribution in [3.05, 3.63) is 20.8 Å². The third-order valence-electron chi connectivity index (χ3n) is 2.75. The van der Waals surface area contributed by atoms with Crippen molar-refractivity contribution < 1.29 is 0 Å². The van der Waals surface area contributed by atoms with Gasteiger partial charge in [0.2, 0.25) is 0 Å². The van der Waals surface area contributed by atoms with E-state index in [9.17, 15) is 0 Å². The molecular formula is C11H16BrNS2. The minimum Gasteiger partial charge on any atom is -0.307 e. The van der Waals surface area contributed by atoms with Crippen molar-refractivity contribution in [1.82, 2.24) is 5.32 Å². The van der Waals surface area contributed by atoms with E-state index in [0.717, 1.165) is 6.04 Å². The molecule has 0 aromatic carbocycles. The largest absolute Gasteiger partial charge is 0.307 e. The Balaban J connectivity index is 1.91. The minimum atomic E-state index is 0.479. The Bertz CT molecular complexity index is 307. The molecule has 0 radical (unpaired) electrons. The van der Waals surface area contributed by atoms with Crippen molar-refractivity contribution in [3.63, 3.8) is 0 Å². The fourth-order valence-corrected chi connectivity index (χ4v) is 4.75. The number of hydrogen-bond donors (Lipinski definition) is 1. The van der Waals surface area contributed by atoms with E-state index in [1.807, 2.05) is 11.3 Å². The van der Waals surface area contributed by atoms with Crippen LogP contribution in [-0.2, 0) is 0 Å². The Kier molecular flexibility index (Phi) is 4.55. The molecule has 0 aliphatic carbocycles. The predicted octanol–water partition coefficient (Wildman–Crippen LogP) is 4.06. The van der Waals surface area contributed by atoms with Gasteiger partial charge in [-0.05, 0) is 58.6 Å². The molecule has 1 fully saturated rings. The highest BCUT2D eigenvalue weighted by atomic mass is 79.9. The predicted molar refractivity (Wildman–Crippen MR) is 73.9 cm³/mol. The van der Waals surface area contributed by atoms with Gasteiger partial charge in [0.15, 0.2) is 0 Å². The van der Waals surface area contributed by atoms with Crippen LogP contribution in [0.1, 0.15) is 30.7 Å². The van der Waals surface area contributed by atoms with Crippen molar-refractivity contribution in [2.45, 2.75) is 31.8 Å². The van der Waals surface area contributed by atoms with E-state index in [0.29, 0.717) is 6.04 Å². The van der Waals surface area contributed by atoms with Crippen LogP contribution in [0.25, 0.3) is 0 Å². The molecule has 0 spiro atoms. The van der Waals surface area contributed by atoms with E-state index < -0.39 is 0 Å². The molecule has 0 saturated carbocycles. The molecule has 0 bridgehead atoms. The molecular weight excluding hydrogens is 290 g/mol. The van der Waals surface area contributed by atoms with Gasteiger partial charge in [-0.1, -0.05) is 0 Å². The van der Waals surface area contributed by atoms with Gasteiger partial charge in [0.05, 0.1) is 0 Å². The molecule has 2 rings (SSSR count). The number of rotatable bonds is 3. The van der Waals surface area contributed by atoms with Crippen molar-refractivity contribution in [3.8, 4) is 0 Å². The fraction of sp³-hybridized carbons (Fsp3) is 0.636. The molecule has 1 aromatic heterocycles. The number of thiophene rings is 1. The van der Waals surface area contributed by atoms with Crippen LogP contribution in [0, 0.1) is 0 Å². The number of thioether (sulfide) groups is 1. The van der Waals surface area contributed by atoms with Gasteiger partial charge in [0.25, 0.3) is 0 Å². The molecule has 15 heavy (non-hydrogen) atoms. The zero-order valence-corrected chi connectivity index (χ0v) is 12.1. The topological polar surface area (TPSA) is 12.0 Å². The van der Waals surface area contributed by atoms with Crippen molar-refractivity contribution in [1.29, 1.82) is 0 Å². The van der Waals surface area contributed by atoms with Crippen LogP contribution in [-0.4, -0.2) is 17.5 Å². The lowest BCUT2D eigenvalue weighted by atomic mass is 10.1. The lowest BCUT2D eigenvalue weighted by molar-refractivity contribution is 0.434. The second kappa shape index (κ2) is 5.71. The van der Waals surface area contributed by atoms with Crippen LogP contribution in [0.3, 0.4) is 0 Å². The summed E-state index contributed by atoms with van der Waals surface area (Å²) in [6.07, 6.45) is 2.63. The summed E-state index contributed by atoms with van der Waals surface area (Å²) in [4.78, 5) is 1.42. The summed E-state index contributed by atoms with van der Waals surface area (Å²) >= 11 is 7.51. The van der Waals surface area contributed by atoms with Gasteiger partial charge in [-0.3, -0.25) is 0 Å². The average molecular weight is 306 g/mol. The van der Waals surface area contributed by atoms with E-state index >= 15 is 0 Å². The molecule has 1 nitrogen and oxygen atoms in total. The van der Waals surface area contributed by atoms with Crippen LogP contribution < -0.4 is 5.32 Å². The summed E-state index contributed by atoms with van der Waals surface area (Å²) < 4.78 is 1.25. The fourth-order valence-electron chi connectivity index (χ4n) is 1.91. The minimum absolute atomic E-state index is 0.479. The maximum absolute atomic E-state index is 3.73. The average Bonchev–Trinajstić information content (AvgIpc) is 2.66. The zero-order chi connectivity index (χ0) is 10.7. The third kappa shape index (κ3) is 3.22. The van der Waals surface area contributed by atoms with E-state index in [-0.39, 0.29) is 0 Å². The van der Waals surface area contributed by atoms with Gasteiger partial charge < -0.3 is 5.32 Å². The normalized spacial score (nSPS) is 20.4. The Labute approximate surface area is 108 Å². The first-order chi connectivity index (χ1) is 7.27. The van der Waals surface area contributed by atoms with Crippen molar-refractivity contribution >= 4 is 39.0 Å². The molecule has 2 heterocycles. The SMILES string of the molecule is CC(NC1CCSCC1)c1sccc1Br. The second-order valence-electron chi connectivity index (χ2n) is 3.91. The lowest BCUT2D eigenvalue weighted by Crippen LogP contribution is -2.34. The lowest BCUT2D eigenvalue weighted by Gasteiger charge is -2.26. The first-order valence-electron chi connectivity index (χ1n) is 5.34. The molecule has 1 unspecified atom stereocenters. The molecule has 4 heteroatoms. The Morgan fingerprint density at radius 3 is 2.80 bits per heavy atom. The van der Waals surface area contributed by atoms with E-state index in [4.69, 9.17) is 0 Å². The van der Waals surface area contributed by atoms with E-state index in [1.165, 1.54) is 33.7 Å². The van der Waals surface area contributed by atoms with Crippen LogP contribution in [0.4, 0.5) is 0 Å². The molecule has 1 atom stereocenters. The maximum Gasteiger partial charge on any atom is 0.0399 e. The summed E-state index contributed by atoms with van der Waals surface area (Å²) in [5.41, 5.74) is 0.